The van der Waals surface area contributed by atoms with E-state index in [4.69, 9.17) is 9.47 Å². The number of aliphatic imine (C=N–C) groups is 1. The van der Waals surface area contributed by atoms with Gasteiger partial charge < -0.3 is 14.4 Å². The number of nitrogens with one attached hydrogen (secondary N) is 1. The fraction of sp³-hybridized carbons (Fsp3) is 0.240. The van der Waals surface area contributed by atoms with Gasteiger partial charge in [0.15, 0.2) is 6.61 Å². The van der Waals surface area contributed by atoms with Crippen molar-refractivity contribution in [3.05, 3.63) is 71.4 Å². The summed E-state index contributed by atoms with van der Waals surface area (Å²) in [6.07, 6.45) is 1.58. The number of carbonyl (C=O) groups excluding carboxylic acids is 1. The van der Waals surface area contributed by atoms with E-state index in [0.29, 0.717) is 18.0 Å². The summed E-state index contributed by atoms with van der Waals surface area (Å²) in [4.78, 5) is 22.2. The lowest BCUT2D eigenvalue weighted by Gasteiger charge is -2.26. The van der Waals surface area contributed by atoms with Crippen molar-refractivity contribution in [2.45, 2.75) is 31.4 Å². The number of carbonyl (C=O) groups is 1. The summed E-state index contributed by atoms with van der Waals surface area (Å²) in [5.41, 5.74) is 3.91. The van der Waals surface area contributed by atoms with Crippen LogP contribution in [0.15, 0.2) is 64.6 Å². The number of amides is 1. The highest BCUT2D eigenvalue weighted by atomic mass is 32.2. The fourth-order valence-electron chi connectivity index (χ4n) is 4.00. The second-order valence-electron chi connectivity index (χ2n) is 8.56. The van der Waals surface area contributed by atoms with Crippen LogP contribution in [0.25, 0.3) is 0 Å². The first-order valence-electron chi connectivity index (χ1n) is 11.1. The molecule has 2 aromatic carbocycles. The molecule has 5 rings (SSSR count). The largest absolute Gasteiger partial charge is 0.491 e. The van der Waals surface area contributed by atoms with Crippen molar-refractivity contribution in [1.29, 1.82) is 0 Å². The summed E-state index contributed by atoms with van der Waals surface area (Å²) in [5, 5.41) is 0. The lowest BCUT2D eigenvalue weighted by molar-refractivity contribution is -0.121. The lowest BCUT2D eigenvalue weighted by Crippen LogP contribution is -2.35. The Morgan fingerprint density at radius 2 is 1.94 bits per heavy atom. The van der Waals surface area contributed by atoms with Crippen molar-refractivity contribution in [1.82, 2.24) is 4.98 Å². The van der Waals surface area contributed by atoms with E-state index in [1.165, 1.54) is 29.3 Å². The third-order valence-corrected chi connectivity index (χ3v) is 7.07. The third kappa shape index (κ3) is 4.44. The number of ether oxygens (including phenoxy) is 2. The second-order valence-corrected chi connectivity index (χ2v) is 10.2. The predicted molar refractivity (Wildman–Crippen MR) is 132 cm³/mol. The number of rotatable bonds is 6. The van der Waals surface area contributed by atoms with E-state index in [9.17, 15) is 13.2 Å². The minimum atomic E-state index is -3.97. The molecule has 180 valence electrons. The van der Waals surface area contributed by atoms with Gasteiger partial charge in [0.1, 0.15) is 17.3 Å². The highest BCUT2D eigenvalue weighted by Gasteiger charge is 2.26. The van der Waals surface area contributed by atoms with E-state index in [-0.39, 0.29) is 29.3 Å². The van der Waals surface area contributed by atoms with E-state index in [0.717, 1.165) is 28.2 Å². The van der Waals surface area contributed by atoms with Gasteiger partial charge in [0.25, 0.3) is 15.9 Å². The SMILES string of the molecule is CC(C)Oc1ccc2c(c1)C(c1ccnc(NS(=O)(=O)c3ccc4c(c3)N(C)C(=O)CO4)c1)=NC2. The molecule has 1 amide bonds. The van der Waals surface area contributed by atoms with Crippen LogP contribution in [-0.4, -0.2) is 44.8 Å². The van der Waals surface area contributed by atoms with Crippen molar-refractivity contribution in [3.63, 3.8) is 0 Å². The smallest absolute Gasteiger partial charge is 0.264 e. The zero-order valence-electron chi connectivity index (χ0n) is 19.5. The first kappa shape index (κ1) is 22.9. The maximum absolute atomic E-state index is 13.1. The quantitative estimate of drug-likeness (QED) is 0.565. The molecule has 0 saturated carbocycles. The van der Waals surface area contributed by atoms with Gasteiger partial charge in [0, 0.05) is 24.4 Å². The highest BCUT2D eigenvalue weighted by molar-refractivity contribution is 7.92. The summed E-state index contributed by atoms with van der Waals surface area (Å²) in [7, 11) is -2.39. The van der Waals surface area contributed by atoms with Crippen LogP contribution in [0.5, 0.6) is 11.5 Å². The van der Waals surface area contributed by atoms with Crippen LogP contribution < -0.4 is 19.1 Å². The van der Waals surface area contributed by atoms with Gasteiger partial charge in [-0.3, -0.25) is 14.5 Å². The summed E-state index contributed by atoms with van der Waals surface area (Å²) < 4.78 is 40.0. The molecule has 3 heterocycles. The number of fused-ring (bicyclic) bond motifs is 2. The topological polar surface area (TPSA) is 110 Å². The monoisotopic (exact) mass is 492 g/mol. The molecule has 0 unspecified atom stereocenters. The molecule has 35 heavy (non-hydrogen) atoms. The van der Waals surface area contributed by atoms with Gasteiger partial charge in [0.2, 0.25) is 0 Å². The van der Waals surface area contributed by atoms with Crippen molar-refractivity contribution < 1.29 is 22.7 Å². The Balaban J connectivity index is 1.42. The molecule has 1 aromatic heterocycles. The third-order valence-electron chi connectivity index (χ3n) is 5.72. The number of hydrogen-bond donors (Lipinski definition) is 1. The first-order valence-corrected chi connectivity index (χ1v) is 12.6. The van der Waals surface area contributed by atoms with Crippen LogP contribution in [-0.2, 0) is 21.4 Å². The maximum Gasteiger partial charge on any atom is 0.264 e. The lowest BCUT2D eigenvalue weighted by atomic mass is 10.0. The molecule has 0 saturated heterocycles. The Morgan fingerprint density at radius 3 is 2.74 bits per heavy atom. The Kier molecular flexibility index (Phi) is 5.68. The molecule has 0 fully saturated rings. The number of aromatic nitrogens is 1. The Bertz CT molecular complexity index is 1470. The van der Waals surface area contributed by atoms with Gasteiger partial charge in [-0.25, -0.2) is 13.4 Å². The predicted octanol–water partition coefficient (Wildman–Crippen LogP) is 3.38. The Labute approximate surface area is 203 Å². The fourth-order valence-corrected chi connectivity index (χ4v) is 5.02. The van der Waals surface area contributed by atoms with Gasteiger partial charge in [-0.05, 0) is 61.9 Å². The number of hydrogen-bond acceptors (Lipinski definition) is 7. The Hall–Kier alpha value is -3.92. The number of anilines is 2. The maximum atomic E-state index is 13.1. The van der Waals surface area contributed by atoms with Gasteiger partial charge in [-0.2, -0.15) is 0 Å². The summed E-state index contributed by atoms with van der Waals surface area (Å²) in [6.45, 7) is 4.39. The molecule has 0 radical (unpaired) electrons. The van der Waals surface area contributed by atoms with Crippen LogP contribution in [0.4, 0.5) is 11.5 Å². The number of benzene rings is 2. The highest BCUT2D eigenvalue weighted by Crippen LogP contribution is 2.34. The normalized spacial score (nSPS) is 14.8. The van der Waals surface area contributed by atoms with Gasteiger partial charge >= 0.3 is 0 Å². The molecule has 3 aromatic rings. The first-order chi connectivity index (χ1) is 16.7. The molecular weight excluding hydrogens is 468 g/mol. The molecule has 2 aliphatic heterocycles. The van der Waals surface area contributed by atoms with E-state index in [1.54, 1.807) is 19.2 Å². The number of pyridine rings is 1. The molecule has 10 heteroatoms. The molecule has 0 bridgehead atoms. The number of nitrogens with zero attached hydrogens (tertiary/aromatic N) is 3. The van der Waals surface area contributed by atoms with E-state index < -0.39 is 10.0 Å². The second kappa shape index (κ2) is 8.70. The zero-order chi connectivity index (χ0) is 24.7. The molecule has 1 N–H and O–H groups in total. The van der Waals surface area contributed by atoms with Crippen LogP contribution in [0, 0.1) is 0 Å². The summed E-state index contributed by atoms with van der Waals surface area (Å²) in [5.74, 6) is 1.11. The van der Waals surface area contributed by atoms with Gasteiger partial charge in [0.05, 0.1) is 28.9 Å². The van der Waals surface area contributed by atoms with Crippen molar-refractivity contribution in [2.75, 3.05) is 23.3 Å². The molecular formula is C25H24N4O5S. The summed E-state index contributed by atoms with van der Waals surface area (Å²) >= 11 is 0. The van der Waals surface area contributed by atoms with Crippen molar-refractivity contribution >= 4 is 33.1 Å². The van der Waals surface area contributed by atoms with E-state index in [1.807, 2.05) is 32.0 Å². The van der Waals surface area contributed by atoms with Crippen LogP contribution in [0.1, 0.15) is 30.5 Å². The van der Waals surface area contributed by atoms with Crippen molar-refractivity contribution in [2.24, 2.45) is 4.99 Å². The minimum absolute atomic E-state index is 0.00682. The minimum Gasteiger partial charge on any atom is -0.491 e. The van der Waals surface area contributed by atoms with Crippen molar-refractivity contribution in [3.8, 4) is 11.5 Å². The van der Waals surface area contributed by atoms with Gasteiger partial charge in [-0.1, -0.05) is 6.07 Å². The van der Waals surface area contributed by atoms with E-state index in [2.05, 4.69) is 14.7 Å². The molecule has 0 atom stereocenters. The molecule has 0 spiro atoms. The molecule has 0 aliphatic carbocycles. The molecule has 2 aliphatic rings. The van der Waals surface area contributed by atoms with E-state index >= 15 is 0 Å². The number of likely N-dealkylation sites (N-methyl/N-ethyl adjacent to an activating group) is 1. The number of sulfonamides is 1. The average molecular weight is 493 g/mol. The zero-order valence-corrected chi connectivity index (χ0v) is 20.3. The van der Waals surface area contributed by atoms with Crippen LogP contribution >= 0.6 is 0 Å². The Morgan fingerprint density at radius 1 is 1.11 bits per heavy atom. The summed E-state index contributed by atoms with van der Waals surface area (Å²) in [6, 6.07) is 13.7. The average Bonchev–Trinajstić information content (AvgIpc) is 3.24. The van der Waals surface area contributed by atoms with Crippen LogP contribution in [0.3, 0.4) is 0 Å². The standard InChI is InChI=1S/C25H24N4O5S/c1-15(2)34-18-5-4-17-13-27-25(20(17)11-18)16-8-9-26-23(10-16)28-35(31,32)19-6-7-22-21(12-19)29(3)24(30)14-33-22/h4-12,15H,13-14H2,1-3H3,(H,26,28). The van der Waals surface area contributed by atoms with Crippen LogP contribution in [0.2, 0.25) is 0 Å². The molecule has 9 nitrogen and oxygen atoms in total. The van der Waals surface area contributed by atoms with Gasteiger partial charge in [-0.15, -0.1) is 0 Å².